The highest BCUT2D eigenvalue weighted by molar-refractivity contribution is 5.16. The van der Waals surface area contributed by atoms with Crippen molar-refractivity contribution < 1.29 is 28.8 Å². The Bertz CT molecular complexity index is 507. The van der Waals surface area contributed by atoms with E-state index in [1.54, 1.807) is 6.08 Å². The lowest BCUT2D eigenvalue weighted by Crippen LogP contribution is -2.62. The van der Waals surface area contributed by atoms with Crippen LogP contribution in [0, 0.1) is 0 Å². The third-order valence-corrected chi connectivity index (χ3v) is 4.02. The minimum Gasteiger partial charge on any atom is -0.385 e. The first kappa shape index (κ1) is 16.6. The number of benzene rings is 1. The van der Waals surface area contributed by atoms with Crippen molar-refractivity contribution in [1.82, 2.24) is 0 Å². The Kier molecular flexibility index (Phi) is 5.42. The Hall–Kier alpha value is -1.28. The summed E-state index contributed by atoms with van der Waals surface area (Å²) in [6, 6.07) is 9.65. The third kappa shape index (κ3) is 3.47. The van der Waals surface area contributed by atoms with Crippen molar-refractivity contribution in [3.63, 3.8) is 0 Å². The fourth-order valence-corrected chi connectivity index (χ4v) is 2.91. The molecule has 6 nitrogen and oxygen atoms in total. The number of ether oxygens (including phenoxy) is 5. The second-order valence-corrected chi connectivity index (χ2v) is 5.53. The topological polar surface area (TPSA) is 66.4 Å². The molecular weight excluding hydrogens is 300 g/mol. The molecular formula is C17H22O6. The van der Waals surface area contributed by atoms with Gasteiger partial charge in [-0.1, -0.05) is 36.4 Å². The van der Waals surface area contributed by atoms with Crippen LogP contribution in [0.4, 0.5) is 0 Å². The number of aliphatic hydroxyl groups excluding tert-OH is 1. The molecule has 0 aromatic heterocycles. The van der Waals surface area contributed by atoms with Crippen molar-refractivity contribution in [3.8, 4) is 0 Å². The Morgan fingerprint density at radius 1 is 1.30 bits per heavy atom. The van der Waals surface area contributed by atoms with Crippen molar-refractivity contribution in [2.75, 3.05) is 20.3 Å². The SMILES string of the molecule is C=CCO[C@@H]1[C@@H](O)[C@@H](OC)O[C@@H]2CO[C@H](c3ccccc3)O[C@H]12. The average molecular weight is 322 g/mol. The van der Waals surface area contributed by atoms with Crippen LogP contribution in [0.5, 0.6) is 0 Å². The van der Waals surface area contributed by atoms with Gasteiger partial charge >= 0.3 is 0 Å². The predicted octanol–water partition coefficient (Wildman–Crippen LogP) is 1.40. The summed E-state index contributed by atoms with van der Waals surface area (Å²) in [7, 11) is 1.48. The molecule has 2 fully saturated rings. The van der Waals surface area contributed by atoms with Gasteiger partial charge in [-0.3, -0.25) is 0 Å². The minimum absolute atomic E-state index is 0.307. The molecule has 2 aliphatic heterocycles. The molecule has 0 unspecified atom stereocenters. The van der Waals surface area contributed by atoms with Gasteiger partial charge in [0.15, 0.2) is 12.6 Å². The van der Waals surface area contributed by atoms with Crippen molar-refractivity contribution in [1.29, 1.82) is 0 Å². The zero-order chi connectivity index (χ0) is 16.2. The molecule has 0 aliphatic carbocycles. The lowest BCUT2D eigenvalue weighted by atomic mass is 9.97. The van der Waals surface area contributed by atoms with Gasteiger partial charge in [-0.15, -0.1) is 6.58 Å². The minimum atomic E-state index is -0.948. The lowest BCUT2D eigenvalue weighted by molar-refractivity contribution is -0.362. The largest absolute Gasteiger partial charge is 0.385 e. The smallest absolute Gasteiger partial charge is 0.186 e. The Labute approximate surface area is 135 Å². The van der Waals surface area contributed by atoms with E-state index in [1.807, 2.05) is 30.3 Å². The number of hydrogen-bond acceptors (Lipinski definition) is 6. The second kappa shape index (κ2) is 7.53. The van der Waals surface area contributed by atoms with Gasteiger partial charge in [-0.2, -0.15) is 0 Å². The van der Waals surface area contributed by atoms with Crippen LogP contribution in [0.3, 0.4) is 0 Å². The molecule has 23 heavy (non-hydrogen) atoms. The van der Waals surface area contributed by atoms with E-state index in [4.69, 9.17) is 23.7 Å². The Balaban J connectivity index is 1.77. The highest BCUT2D eigenvalue weighted by atomic mass is 16.8. The Morgan fingerprint density at radius 3 is 2.78 bits per heavy atom. The van der Waals surface area contributed by atoms with E-state index in [-0.39, 0.29) is 6.10 Å². The van der Waals surface area contributed by atoms with Gasteiger partial charge in [0, 0.05) is 12.7 Å². The molecule has 0 radical (unpaired) electrons. The first-order valence-electron chi connectivity index (χ1n) is 7.65. The lowest BCUT2D eigenvalue weighted by Gasteiger charge is -2.47. The summed E-state index contributed by atoms with van der Waals surface area (Å²) < 4.78 is 28.4. The molecule has 6 atom stereocenters. The monoisotopic (exact) mass is 322 g/mol. The number of methoxy groups -OCH3 is 1. The van der Waals surface area contributed by atoms with Gasteiger partial charge in [-0.05, 0) is 0 Å². The van der Waals surface area contributed by atoms with Crippen molar-refractivity contribution >= 4 is 0 Å². The van der Waals surface area contributed by atoms with Crippen LogP contribution in [0.15, 0.2) is 43.0 Å². The van der Waals surface area contributed by atoms with Gasteiger partial charge in [0.25, 0.3) is 0 Å². The molecule has 2 heterocycles. The first-order valence-corrected chi connectivity index (χ1v) is 7.65. The van der Waals surface area contributed by atoms with Crippen LogP contribution in [-0.4, -0.2) is 56.1 Å². The first-order chi connectivity index (χ1) is 11.2. The van der Waals surface area contributed by atoms with Gasteiger partial charge in [-0.25, -0.2) is 0 Å². The Morgan fingerprint density at radius 2 is 2.09 bits per heavy atom. The molecule has 2 saturated heterocycles. The van der Waals surface area contributed by atoms with Crippen molar-refractivity contribution in [3.05, 3.63) is 48.6 Å². The van der Waals surface area contributed by atoms with E-state index >= 15 is 0 Å². The molecule has 1 N–H and O–H groups in total. The van der Waals surface area contributed by atoms with E-state index in [9.17, 15) is 5.11 Å². The molecule has 3 rings (SSSR count). The number of aliphatic hydroxyl groups is 1. The highest BCUT2D eigenvalue weighted by Gasteiger charge is 2.50. The third-order valence-electron chi connectivity index (χ3n) is 4.02. The van der Waals surface area contributed by atoms with Gasteiger partial charge < -0.3 is 28.8 Å². The maximum atomic E-state index is 10.4. The fraction of sp³-hybridized carbons (Fsp3) is 0.529. The highest BCUT2D eigenvalue weighted by Crippen LogP contribution is 2.35. The quantitative estimate of drug-likeness (QED) is 0.827. The number of hydrogen-bond donors (Lipinski definition) is 1. The summed E-state index contributed by atoms with van der Waals surface area (Å²) >= 11 is 0. The summed E-state index contributed by atoms with van der Waals surface area (Å²) in [6.07, 6.45) is -1.99. The van der Waals surface area contributed by atoms with Crippen LogP contribution in [0.25, 0.3) is 0 Å². The van der Waals surface area contributed by atoms with Crippen LogP contribution >= 0.6 is 0 Å². The van der Waals surface area contributed by atoms with Crippen LogP contribution < -0.4 is 0 Å². The average Bonchev–Trinajstić information content (AvgIpc) is 2.61. The molecule has 1 aromatic rings. The molecule has 0 saturated carbocycles. The van der Waals surface area contributed by atoms with Crippen molar-refractivity contribution in [2.24, 2.45) is 0 Å². The molecule has 0 amide bonds. The summed E-state index contributed by atoms with van der Waals surface area (Å²) in [5, 5.41) is 10.4. The van der Waals surface area contributed by atoms with E-state index in [0.29, 0.717) is 13.2 Å². The second-order valence-electron chi connectivity index (χ2n) is 5.53. The van der Waals surface area contributed by atoms with Gasteiger partial charge in [0.2, 0.25) is 0 Å². The van der Waals surface area contributed by atoms with Gasteiger partial charge in [0.05, 0.1) is 13.2 Å². The van der Waals surface area contributed by atoms with E-state index in [0.717, 1.165) is 5.56 Å². The zero-order valence-corrected chi connectivity index (χ0v) is 13.0. The maximum absolute atomic E-state index is 10.4. The number of rotatable bonds is 5. The molecule has 0 bridgehead atoms. The van der Waals surface area contributed by atoms with Gasteiger partial charge in [0.1, 0.15) is 24.4 Å². The predicted molar refractivity (Wildman–Crippen MR) is 81.6 cm³/mol. The molecule has 0 spiro atoms. The van der Waals surface area contributed by atoms with E-state index < -0.39 is 30.9 Å². The number of fused-ring (bicyclic) bond motifs is 1. The molecule has 1 aromatic carbocycles. The summed E-state index contributed by atoms with van der Waals surface area (Å²) in [6.45, 7) is 4.29. The molecule has 6 heteroatoms. The zero-order valence-electron chi connectivity index (χ0n) is 13.0. The summed E-state index contributed by atoms with van der Waals surface area (Å²) in [4.78, 5) is 0. The molecule has 126 valence electrons. The fourth-order valence-electron chi connectivity index (χ4n) is 2.91. The van der Waals surface area contributed by atoms with Crippen LogP contribution in [-0.2, 0) is 23.7 Å². The van der Waals surface area contributed by atoms with Crippen LogP contribution in [0.1, 0.15) is 11.9 Å². The van der Waals surface area contributed by atoms with E-state index in [2.05, 4.69) is 6.58 Å². The van der Waals surface area contributed by atoms with Crippen molar-refractivity contribution in [2.45, 2.75) is 37.0 Å². The summed E-state index contributed by atoms with van der Waals surface area (Å²) in [5.41, 5.74) is 0.914. The standard InChI is InChI=1S/C17H22O6/c1-3-9-20-15-13(18)17(19-2)22-12-10-21-16(23-14(12)15)11-7-5-4-6-8-11/h3-8,12-18H,1,9-10H2,2H3/t12-,13-,14+,15-,16+,17+/m1/s1. The van der Waals surface area contributed by atoms with Crippen LogP contribution in [0.2, 0.25) is 0 Å². The molecule has 2 aliphatic rings. The maximum Gasteiger partial charge on any atom is 0.186 e. The van der Waals surface area contributed by atoms with E-state index in [1.165, 1.54) is 7.11 Å². The summed E-state index contributed by atoms with van der Waals surface area (Å²) in [5.74, 6) is 0. The normalized spacial score (nSPS) is 37.1.